The number of hydrogen-bond donors (Lipinski definition) is 0. The molecule has 0 N–H and O–H groups in total. The number of ether oxygens (including phenoxy) is 2. The second-order valence-electron chi connectivity index (χ2n) is 4.77. The third kappa shape index (κ3) is 4.11. The normalized spacial score (nSPS) is 10.5. The van der Waals surface area contributed by atoms with Crippen molar-refractivity contribution < 1.29 is 9.47 Å². The van der Waals surface area contributed by atoms with Gasteiger partial charge in [-0.25, -0.2) is 0 Å². The lowest BCUT2D eigenvalue weighted by molar-refractivity contribution is 0.295. The maximum atomic E-state index is 5.99. The van der Waals surface area contributed by atoms with E-state index in [-0.39, 0.29) is 0 Å². The Morgan fingerprint density at radius 2 is 1.95 bits per heavy atom. The first-order valence-electron chi connectivity index (χ1n) is 6.53. The van der Waals surface area contributed by atoms with Gasteiger partial charge in [0.25, 0.3) is 0 Å². The Balaban J connectivity index is 2.22. The summed E-state index contributed by atoms with van der Waals surface area (Å²) < 4.78 is 12.2. The van der Waals surface area contributed by atoms with Gasteiger partial charge in [0.1, 0.15) is 18.1 Å². The number of rotatable bonds is 5. The van der Waals surface area contributed by atoms with E-state index in [2.05, 4.69) is 20.9 Å². The highest BCUT2D eigenvalue weighted by Crippen LogP contribution is 2.30. The van der Waals surface area contributed by atoms with Crippen LogP contribution in [-0.4, -0.2) is 12.1 Å². The van der Waals surface area contributed by atoms with Crippen molar-refractivity contribution in [3.05, 3.63) is 51.3 Å². The number of hydrogen-bond acceptors (Lipinski definition) is 3. The molecule has 0 spiro atoms. The van der Waals surface area contributed by atoms with Crippen LogP contribution in [0.2, 0.25) is 0 Å². The molecule has 0 saturated heterocycles. The molecule has 2 aromatic rings. The first kappa shape index (κ1) is 16.1. The lowest BCUT2D eigenvalue weighted by Gasteiger charge is -2.14. The number of methoxy groups -OCH3 is 1. The van der Waals surface area contributed by atoms with Crippen LogP contribution in [0.25, 0.3) is 0 Å². The highest BCUT2D eigenvalue weighted by atomic mass is 79.9. The number of halogens is 2. The highest BCUT2D eigenvalue weighted by Gasteiger charge is 2.10. The second-order valence-corrected chi connectivity index (χ2v) is 5.96. The molecule has 1 aromatic carbocycles. The van der Waals surface area contributed by atoms with Crippen LogP contribution < -0.4 is 9.47 Å². The molecule has 0 bridgehead atoms. The number of alkyl halides is 1. The topological polar surface area (TPSA) is 31.4 Å². The smallest absolute Gasteiger partial charge is 0.130 e. The van der Waals surface area contributed by atoms with Crippen LogP contribution in [0.3, 0.4) is 0 Å². The van der Waals surface area contributed by atoms with Crippen molar-refractivity contribution in [3.8, 4) is 11.5 Å². The Morgan fingerprint density at radius 1 is 1.19 bits per heavy atom. The van der Waals surface area contributed by atoms with Gasteiger partial charge in [-0.15, -0.1) is 11.6 Å². The van der Waals surface area contributed by atoms with Crippen LogP contribution in [0.15, 0.2) is 28.7 Å². The molecule has 0 radical (unpaired) electrons. The van der Waals surface area contributed by atoms with Gasteiger partial charge < -0.3 is 9.47 Å². The van der Waals surface area contributed by atoms with Gasteiger partial charge in [0.15, 0.2) is 0 Å². The molecule has 1 heterocycles. The molecule has 5 heteroatoms. The number of aromatic nitrogens is 1. The molecule has 0 amide bonds. The van der Waals surface area contributed by atoms with Gasteiger partial charge in [0, 0.05) is 27.9 Å². The molecule has 2 rings (SSSR count). The van der Waals surface area contributed by atoms with Crippen molar-refractivity contribution in [2.24, 2.45) is 0 Å². The maximum Gasteiger partial charge on any atom is 0.130 e. The average Bonchev–Trinajstić information content (AvgIpc) is 2.44. The van der Waals surface area contributed by atoms with E-state index in [1.165, 1.54) is 0 Å². The van der Waals surface area contributed by atoms with Crippen molar-refractivity contribution >= 4 is 27.5 Å². The lowest BCUT2D eigenvalue weighted by atomic mass is 10.1. The van der Waals surface area contributed by atoms with Crippen molar-refractivity contribution in [1.29, 1.82) is 0 Å². The van der Waals surface area contributed by atoms with Crippen LogP contribution >= 0.6 is 27.5 Å². The molecule has 0 aliphatic rings. The molecule has 0 fully saturated rings. The van der Waals surface area contributed by atoms with E-state index in [4.69, 9.17) is 21.1 Å². The zero-order chi connectivity index (χ0) is 15.4. The Bertz CT molecular complexity index is 646. The van der Waals surface area contributed by atoms with Crippen LogP contribution in [0.1, 0.15) is 22.5 Å². The van der Waals surface area contributed by atoms with Crippen LogP contribution in [0.4, 0.5) is 0 Å². The van der Waals surface area contributed by atoms with Gasteiger partial charge in [-0.05, 0) is 31.5 Å². The number of aryl methyl sites for hydroxylation is 2. The Kier molecular flexibility index (Phi) is 5.48. The third-order valence-electron chi connectivity index (χ3n) is 3.04. The second kappa shape index (κ2) is 7.14. The summed E-state index contributed by atoms with van der Waals surface area (Å²) in [6.45, 7) is 4.31. The summed E-state index contributed by atoms with van der Waals surface area (Å²) in [6.07, 6.45) is 0. The minimum atomic E-state index is 0.379. The molecule has 3 nitrogen and oxygen atoms in total. The third-order valence-corrected chi connectivity index (χ3v) is 3.79. The van der Waals surface area contributed by atoms with E-state index in [0.29, 0.717) is 12.5 Å². The molecular formula is C16H17BrClNO2. The fourth-order valence-electron chi connectivity index (χ4n) is 2.15. The van der Waals surface area contributed by atoms with E-state index in [9.17, 15) is 0 Å². The summed E-state index contributed by atoms with van der Waals surface area (Å²) in [7, 11) is 1.64. The molecule has 112 valence electrons. The summed E-state index contributed by atoms with van der Waals surface area (Å²) in [5, 5.41) is 0. The lowest BCUT2D eigenvalue weighted by Crippen LogP contribution is -2.03. The van der Waals surface area contributed by atoms with Crippen LogP contribution in [0, 0.1) is 13.8 Å². The fourth-order valence-corrected chi connectivity index (χ4v) is 2.96. The van der Waals surface area contributed by atoms with Gasteiger partial charge in [-0.3, -0.25) is 4.98 Å². The summed E-state index contributed by atoms with van der Waals surface area (Å²) in [5.74, 6) is 2.00. The first-order valence-corrected chi connectivity index (χ1v) is 7.85. The minimum absolute atomic E-state index is 0.379. The van der Waals surface area contributed by atoms with Crippen molar-refractivity contribution in [2.45, 2.75) is 26.3 Å². The maximum absolute atomic E-state index is 5.99. The molecule has 0 saturated carbocycles. The fraction of sp³-hybridized carbons (Fsp3) is 0.312. The number of nitrogens with zero attached hydrogens (tertiary/aromatic N) is 1. The van der Waals surface area contributed by atoms with Crippen molar-refractivity contribution in [2.75, 3.05) is 7.11 Å². The molecule has 0 aliphatic heterocycles. The molecular weight excluding hydrogens is 354 g/mol. The number of pyridine rings is 1. The molecule has 1 aromatic heterocycles. The van der Waals surface area contributed by atoms with Crippen molar-refractivity contribution in [3.63, 3.8) is 0 Å². The quantitative estimate of drug-likeness (QED) is 0.709. The van der Waals surface area contributed by atoms with E-state index in [1.54, 1.807) is 7.11 Å². The predicted octanol–water partition coefficient (Wildman–Crippen LogP) is 4.79. The van der Waals surface area contributed by atoms with E-state index in [1.807, 2.05) is 38.1 Å². The summed E-state index contributed by atoms with van der Waals surface area (Å²) in [4.78, 5) is 4.45. The Morgan fingerprint density at radius 3 is 2.62 bits per heavy atom. The van der Waals surface area contributed by atoms with Gasteiger partial charge in [0.05, 0.1) is 18.7 Å². The van der Waals surface area contributed by atoms with Gasteiger partial charge in [0.2, 0.25) is 0 Å². The average molecular weight is 371 g/mol. The molecule has 0 aliphatic carbocycles. The van der Waals surface area contributed by atoms with Gasteiger partial charge in [-0.1, -0.05) is 15.9 Å². The summed E-state index contributed by atoms with van der Waals surface area (Å²) in [5.41, 5.74) is 3.73. The molecule has 0 atom stereocenters. The zero-order valence-electron chi connectivity index (χ0n) is 12.2. The summed E-state index contributed by atoms with van der Waals surface area (Å²) in [6, 6.07) is 7.75. The Labute approximate surface area is 138 Å². The van der Waals surface area contributed by atoms with Crippen molar-refractivity contribution in [1.82, 2.24) is 4.98 Å². The van der Waals surface area contributed by atoms with E-state index < -0.39 is 0 Å². The van der Waals surface area contributed by atoms with E-state index in [0.717, 1.165) is 38.5 Å². The largest absolute Gasteiger partial charge is 0.497 e. The minimum Gasteiger partial charge on any atom is -0.497 e. The van der Waals surface area contributed by atoms with Gasteiger partial charge >= 0.3 is 0 Å². The number of benzene rings is 1. The highest BCUT2D eigenvalue weighted by molar-refractivity contribution is 9.10. The monoisotopic (exact) mass is 369 g/mol. The first-order chi connectivity index (χ1) is 10.0. The predicted molar refractivity (Wildman–Crippen MR) is 88.3 cm³/mol. The van der Waals surface area contributed by atoms with E-state index >= 15 is 0 Å². The molecule has 21 heavy (non-hydrogen) atoms. The SMILES string of the molecule is COc1cc(C)nc(COc2c(C)cc(Br)cc2CCl)c1. The summed E-state index contributed by atoms with van der Waals surface area (Å²) >= 11 is 9.46. The zero-order valence-corrected chi connectivity index (χ0v) is 14.6. The van der Waals surface area contributed by atoms with Gasteiger partial charge in [-0.2, -0.15) is 0 Å². The standard InChI is InChI=1S/C16H17BrClNO2/c1-10-4-13(17)6-12(8-18)16(10)21-9-14-7-15(20-3)5-11(2)19-14/h4-7H,8-9H2,1-3H3. The van der Waals surface area contributed by atoms with Crippen LogP contribution in [0.5, 0.6) is 11.5 Å². The molecule has 0 unspecified atom stereocenters. The van der Waals surface area contributed by atoms with Crippen LogP contribution in [-0.2, 0) is 12.5 Å². The Hall–Kier alpha value is -1.26.